The van der Waals surface area contributed by atoms with Crippen LogP contribution in [0.2, 0.25) is 5.02 Å². The largest absolute Gasteiger partial charge is 0.352 e. The fourth-order valence-electron chi connectivity index (χ4n) is 2.88. The highest BCUT2D eigenvalue weighted by Crippen LogP contribution is 2.22. The van der Waals surface area contributed by atoms with Gasteiger partial charge in [0.2, 0.25) is 5.91 Å². The van der Waals surface area contributed by atoms with Gasteiger partial charge in [-0.05, 0) is 62.1 Å². The van der Waals surface area contributed by atoms with E-state index in [-0.39, 0.29) is 23.8 Å². The highest BCUT2D eigenvalue weighted by molar-refractivity contribution is 7.10. The van der Waals surface area contributed by atoms with Crippen LogP contribution < -0.4 is 10.6 Å². The second-order valence-electron chi connectivity index (χ2n) is 7.40. The first kappa shape index (κ1) is 22.4. The van der Waals surface area contributed by atoms with E-state index in [2.05, 4.69) is 21.6 Å². The molecule has 28 heavy (non-hydrogen) atoms. The summed E-state index contributed by atoms with van der Waals surface area (Å²) in [6.45, 7) is 4.55. The standard InChI is InChI=1S/C21H28ClN3O2S/c1-14(2)12-17(24-20(26)15-7-9-16(22)10-8-15)21(27)23-13-18(25(3)4)19-6-5-11-28-19/h5-11,14,17-18H,12-13H2,1-4H3,(H,23,27)(H,24,26). The first-order valence-electron chi connectivity index (χ1n) is 9.32. The van der Waals surface area contributed by atoms with Gasteiger partial charge in [-0.15, -0.1) is 11.3 Å². The SMILES string of the molecule is CC(C)CC(NC(=O)c1ccc(Cl)cc1)C(=O)NCC(c1cccs1)N(C)C. The third-order valence-corrected chi connectivity index (χ3v) is 5.63. The third kappa shape index (κ3) is 6.62. The third-order valence-electron chi connectivity index (χ3n) is 4.40. The maximum absolute atomic E-state index is 12.8. The van der Waals surface area contributed by atoms with Crippen LogP contribution in [-0.4, -0.2) is 43.4 Å². The molecule has 152 valence electrons. The van der Waals surface area contributed by atoms with Gasteiger partial charge in [0.15, 0.2) is 0 Å². The van der Waals surface area contributed by atoms with Crippen LogP contribution in [0.5, 0.6) is 0 Å². The quantitative estimate of drug-likeness (QED) is 0.644. The molecule has 0 aliphatic rings. The number of halogens is 1. The molecule has 5 nitrogen and oxygen atoms in total. The molecule has 0 aliphatic heterocycles. The van der Waals surface area contributed by atoms with E-state index < -0.39 is 6.04 Å². The van der Waals surface area contributed by atoms with Gasteiger partial charge >= 0.3 is 0 Å². The molecule has 1 heterocycles. The van der Waals surface area contributed by atoms with Crippen molar-refractivity contribution in [3.05, 3.63) is 57.2 Å². The molecule has 0 saturated heterocycles. The van der Waals surface area contributed by atoms with Crippen molar-refractivity contribution in [2.75, 3.05) is 20.6 Å². The summed E-state index contributed by atoms with van der Waals surface area (Å²) in [4.78, 5) is 28.6. The molecule has 2 unspecified atom stereocenters. The molecule has 0 fully saturated rings. The Morgan fingerprint density at radius 3 is 2.36 bits per heavy atom. The predicted octanol–water partition coefficient (Wildman–Crippen LogP) is 3.97. The Labute approximate surface area is 176 Å². The van der Waals surface area contributed by atoms with E-state index >= 15 is 0 Å². The van der Waals surface area contributed by atoms with Gasteiger partial charge in [-0.25, -0.2) is 0 Å². The Morgan fingerprint density at radius 2 is 1.82 bits per heavy atom. The van der Waals surface area contributed by atoms with Gasteiger partial charge in [0, 0.05) is 22.0 Å². The number of thiophene rings is 1. The van der Waals surface area contributed by atoms with Crippen LogP contribution in [-0.2, 0) is 4.79 Å². The van der Waals surface area contributed by atoms with Crippen molar-refractivity contribution in [1.29, 1.82) is 0 Å². The Bertz CT molecular complexity index is 760. The van der Waals surface area contributed by atoms with E-state index in [4.69, 9.17) is 11.6 Å². The number of benzene rings is 1. The first-order chi connectivity index (χ1) is 13.3. The number of hydrogen-bond donors (Lipinski definition) is 2. The number of nitrogens with one attached hydrogen (secondary N) is 2. The fraction of sp³-hybridized carbons (Fsp3) is 0.429. The lowest BCUT2D eigenvalue weighted by Crippen LogP contribution is -2.48. The Morgan fingerprint density at radius 1 is 1.14 bits per heavy atom. The van der Waals surface area contributed by atoms with Gasteiger partial charge in [-0.2, -0.15) is 0 Å². The number of amides is 2. The van der Waals surface area contributed by atoms with E-state index in [0.717, 1.165) is 0 Å². The second kappa shape index (κ2) is 10.6. The average molecular weight is 422 g/mol. The smallest absolute Gasteiger partial charge is 0.251 e. The number of hydrogen-bond acceptors (Lipinski definition) is 4. The number of rotatable bonds is 9. The van der Waals surface area contributed by atoms with Crippen molar-refractivity contribution in [2.24, 2.45) is 5.92 Å². The fourth-order valence-corrected chi connectivity index (χ4v) is 3.93. The highest BCUT2D eigenvalue weighted by atomic mass is 35.5. The van der Waals surface area contributed by atoms with Crippen molar-refractivity contribution >= 4 is 34.8 Å². The monoisotopic (exact) mass is 421 g/mol. The Balaban J connectivity index is 2.03. The summed E-state index contributed by atoms with van der Waals surface area (Å²) in [7, 11) is 3.98. The Hall–Kier alpha value is -1.89. The number of nitrogens with zero attached hydrogens (tertiary/aromatic N) is 1. The lowest BCUT2D eigenvalue weighted by molar-refractivity contribution is -0.123. The molecule has 0 aliphatic carbocycles. The van der Waals surface area contributed by atoms with Crippen molar-refractivity contribution in [3.8, 4) is 0 Å². The van der Waals surface area contributed by atoms with Crippen LogP contribution in [0.15, 0.2) is 41.8 Å². The van der Waals surface area contributed by atoms with Crippen LogP contribution >= 0.6 is 22.9 Å². The van der Waals surface area contributed by atoms with Gasteiger partial charge in [0.25, 0.3) is 5.91 Å². The number of carbonyl (C=O) groups excluding carboxylic acids is 2. The molecule has 0 radical (unpaired) electrons. The summed E-state index contributed by atoms with van der Waals surface area (Å²) in [5.41, 5.74) is 0.482. The van der Waals surface area contributed by atoms with Crippen LogP contribution in [0.25, 0.3) is 0 Å². The number of likely N-dealkylation sites (N-methyl/N-ethyl adjacent to an activating group) is 1. The molecule has 0 bridgehead atoms. The first-order valence-corrected chi connectivity index (χ1v) is 10.6. The number of carbonyl (C=O) groups is 2. The molecule has 2 aromatic rings. The van der Waals surface area contributed by atoms with Crippen LogP contribution in [0, 0.1) is 5.92 Å². The van der Waals surface area contributed by atoms with Crippen molar-refractivity contribution < 1.29 is 9.59 Å². The molecule has 0 saturated carbocycles. The zero-order valence-corrected chi connectivity index (χ0v) is 18.3. The lowest BCUT2D eigenvalue weighted by Gasteiger charge is -2.26. The summed E-state index contributed by atoms with van der Waals surface area (Å²) in [6, 6.07) is 10.2. The lowest BCUT2D eigenvalue weighted by atomic mass is 10.0. The van der Waals surface area contributed by atoms with Crippen molar-refractivity contribution in [1.82, 2.24) is 15.5 Å². The molecule has 1 aromatic carbocycles. The molecule has 1 aromatic heterocycles. The maximum Gasteiger partial charge on any atom is 0.251 e. The average Bonchev–Trinajstić information content (AvgIpc) is 3.15. The van der Waals surface area contributed by atoms with E-state index in [9.17, 15) is 9.59 Å². The second-order valence-corrected chi connectivity index (χ2v) is 8.82. The van der Waals surface area contributed by atoms with Gasteiger partial charge in [-0.3, -0.25) is 9.59 Å². The van der Waals surface area contributed by atoms with E-state index in [1.807, 2.05) is 39.4 Å². The summed E-state index contributed by atoms with van der Waals surface area (Å²) in [5.74, 6) is -0.178. The molecule has 2 N–H and O–H groups in total. The maximum atomic E-state index is 12.8. The normalized spacial score (nSPS) is 13.4. The van der Waals surface area contributed by atoms with Gasteiger partial charge in [0.1, 0.15) is 6.04 Å². The van der Waals surface area contributed by atoms with Crippen LogP contribution in [0.3, 0.4) is 0 Å². The zero-order valence-electron chi connectivity index (χ0n) is 16.7. The predicted molar refractivity (Wildman–Crippen MR) is 116 cm³/mol. The molecular formula is C21H28ClN3O2S. The zero-order chi connectivity index (χ0) is 20.7. The molecule has 7 heteroatoms. The van der Waals surface area contributed by atoms with E-state index in [1.54, 1.807) is 35.6 Å². The van der Waals surface area contributed by atoms with Gasteiger partial charge < -0.3 is 15.5 Å². The minimum Gasteiger partial charge on any atom is -0.352 e. The summed E-state index contributed by atoms with van der Waals surface area (Å²) >= 11 is 7.55. The minimum absolute atomic E-state index is 0.0932. The minimum atomic E-state index is -0.589. The van der Waals surface area contributed by atoms with Gasteiger partial charge in [-0.1, -0.05) is 31.5 Å². The summed E-state index contributed by atoms with van der Waals surface area (Å²) < 4.78 is 0. The van der Waals surface area contributed by atoms with Crippen molar-refractivity contribution in [2.45, 2.75) is 32.4 Å². The molecule has 2 amide bonds. The van der Waals surface area contributed by atoms with Gasteiger partial charge in [0.05, 0.1) is 6.04 Å². The highest BCUT2D eigenvalue weighted by Gasteiger charge is 2.24. The Kier molecular flexibility index (Phi) is 8.48. The summed E-state index contributed by atoms with van der Waals surface area (Å²) in [6.07, 6.45) is 0.566. The van der Waals surface area contributed by atoms with E-state index in [1.165, 1.54) is 4.88 Å². The molecule has 2 rings (SSSR count). The van der Waals surface area contributed by atoms with Crippen LogP contribution in [0.4, 0.5) is 0 Å². The molecular weight excluding hydrogens is 394 g/mol. The molecule has 0 spiro atoms. The topological polar surface area (TPSA) is 61.4 Å². The van der Waals surface area contributed by atoms with E-state index in [0.29, 0.717) is 23.6 Å². The van der Waals surface area contributed by atoms with Crippen LogP contribution in [0.1, 0.15) is 41.5 Å². The summed E-state index contributed by atoms with van der Waals surface area (Å²) in [5, 5.41) is 8.48. The molecule has 2 atom stereocenters. The van der Waals surface area contributed by atoms with Crippen molar-refractivity contribution in [3.63, 3.8) is 0 Å².